The second-order valence-electron chi connectivity index (χ2n) is 7.17. The SMILES string of the molecule is CC.CC(C)(C)OC(=O)N1CCC2(CC1)OCc1cc(N)ccc12. The van der Waals surface area contributed by atoms with Gasteiger partial charge in [0.05, 0.1) is 12.2 Å². The van der Waals surface area contributed by atoms with Gasteiger partial charge in [-0.3, -0.25) is 0 Å². The maximum atomic E-state index is 12.2. The molecule has 5 heteroatoms. The second kappa shape index (κ2) is 7.01. The molecule has 2 heterocycles. The zero-order valence-corrected chi connectivity index (χ0v) is 15.5. The quantitative estimate of drug-likeness (QED) is 0.727. The van der Waals surface area contributed by atoms with Crippen molar-refractivity contribution in [2.45, 2.75) is 65.3 Å². The van der Waals surface area contributed by atoms with E-state index < -0.39 is 5.60 Å². The summed E-state index contributed by atoms with van der Waals surface area (Å²) in [4.78, 5) is 13.9. The lowest BCUT2D eigenvalue weighted by Gasteiger charge is -2.39. The molecule has 2 N–H and O–H groups in total. The number of benzene rings is 1. The van der Waals surface area contributed by atoms with Gasteiger partial charge in [0.15, 0.2) is 0 Å². The van der Waals surface area contributed by atoms with E-state index in [4.69, 9.17) is 15.2 Å². The first-order valence-corrected chi connectivity index (χ1v) is 8.80. The van der Waals surface area contributed by atoms with Crippen molar-refractivity contribution < 1.29 is 14.3 Å². The largest absolute Gasteiger partial charge is 0.444 e. The number of carbonyl (C=O) groups excluding carboxylic acids is 1. The van der Waals surface area contributed by atoms with Crippen LogP contribution in [0.25, 0.3) is 0 Å². The molecular weight excluding hydrogens is 304 g/mol. The zero-order valence-electron chi connectivity index (χ0n) is 15.5. The Morgan fingerprint density at radius 1 is 1.25 bits per heavy atom. The number of fused-ring (bicyclic) bond motifs is 2. The molecule has 1 aromatic rings. The summed E-state index contributed by atoms with van der Waals surface area (Å²) >= 11 is 0. The average Bonchev–Trinajstić information content (AvgIpc) is 2.86. The third-order valence-corrected chi connectivity index (χ3v) is 4.35. The molecule has 1 fully saturated rings. The van der Waals surface area contributed by atoms with E-state index in [1.165, 1.54) is 11.1 Å². The predicted octanol–water partition coefficient (Wildman–Crippen LogP) is 4.05. The number of amides is 1. The average molecular weight is 334 g/mol. The molecule has 0 radical (unpaired) electrons. The number of piperidine rings is 1. The first kappa shape index (κ1) is 18.6. The summed E-state index contributed by atoms with van der Waals surface area (Å²) < 4.78 is 11.5. The molecule has 1 saturated heterocycles. The lowest BCUT2D eigenvalue weighted by Crippen LogP contribution is -2.46. The van der Waals surface area contributed by atoms with Crippen LogP contribution in [0.5, 0.6) is 0 Å². The zero-order chi connectivity index (χ0) is 18.0. The Labute approximate surface area is 145 Å². The summed E-state index contributed by atoms with van der Waals surface area (Å²) in [5.41, 5.74) is 8.29. The monoisotopic (exact) mass is 334 g/mol. The summed E-state index contributed by atoms with van der Waals surface area (Å²) in [6.07, 6.45) is 1.35. The molecule has 0 aromatic heterocycles. The minimum atomic E-state index is -0.458. The highest BCUT2D eigenvalue weighted by Crippen LogP contribution is 2.44. The van der Waals surface area contributed by atoms with Crippen LogP contribution in [0.1, 0.15) is 58.6 Å². The van der Waals surface area contributed by atoms with Crippen LogP contribution in [0.2, 0.25) is 0 Å². The molecule has 24 heavy (non-hydrogen) atoms. The number of hydrogen-bond donors (Lipinski definition) is 1. The van der Waals surface area contributed by atoms with Crippen LogP contribution in [0.15, 0.2) is 18.2 Å². The van der Waals surface area contributed by atoms with Crippen LogP contribution in [0.3, 0.4) is 0 Å². The highest BCUT2D eigenvalue weighted by Gasteiger charge is 2.43. The van der Waals surface area contributed by atoms with Gasteiger partial charge in [0.25, 0.3) is 0 Å². The van der Waals surface area contributed by atoms with E-state index in [0.717, 1.165) is 18.5 Å². The molecule has 0 unspecified atom stereocenters. The first-order valence-electron chi connectivity index (χ1n) is 8.80. The molecule has 0 atom stereocenters. The molecule has 1 spiro atoms. The van der Waals surface area contributed by atoms with E-state index in [2.05, 4.69) is 6.07 Å². The molecule has 5 nitrogen and oxygen atoms in total. The highest BCUT2D eigenvalue weighted by molar-refractivity contribution is 5.68. The lowest BCUT2D eigenvalue weighted by molar-refractivity contribution is -0.0797. The Morgan fingerprint density at radius 2 is 1.88 bits per heavy atom. The molecule has 2 aliphatic rings. The van der Waals surface area contributed by atoms with Gasteiger partial charge in [-0.2, -0.15) is 0 Å². The van der Waals surface area contributed by atoms with Crippen LogP contribution in [-0.2, 0) is 21.7 Å². The summed E-state index contributed by atoms with van der Waals surface area (Å²) in [7, 11) is 0. The Kier molecular flexibility index (Phi) is 5.43. The van der Waals surface area contributed by atoms with Crippen LogP contribution < -0.4 is 5.73 Å². The van der Waals surface area contributed by atoms with Crippen LogP contribution in [-0.4, -0.2) is 29.7 Å². The van der Waals surface area contributed by atoms with E-state index in [0.29, 0.717) is 19.7 Å². The lowest BCUT2D eigenvalue weighted by atomic mass is 9.84. The number of hydrogen-bond acceptors (Lipinski definition) is 4. The van der Waals surface area contributed by atoms with Crippen molar-refractivity contribution in [3.8, 4) is 0 Å². The van der Waals surface area contributed by atoms with Crippen molar-refractivity contribution in [3.05, 3.63) is 29.3 Å². The number of carbonyl (C=O) groups is 1. The van der Waals surface area contributed by atoms with Gasteiger partial charge in [-0.15, -0.1) is 0 Å². The van der Waals surface area contributed by atoms with Crippen LogP contribution in [0.4, 0.5) is 10.5 Å². The van der Waals surface area contributed by atoms with Gasteiger partial charge >= 0.3 is 6.09 Å². The number of anilines is 1. The van der Waals surface area contributed by atoms with E-state index in [1.807, 2.05) is 46.8 Å². The van der Waals surface area contributed by atoms with Gasteiger partial charge < -0.3 is 20.1 Å². The van der Waals surface area contributed by atoms with Crippen LogP contribution >= 0.6 is 0 Å². The summed E-state index contributed by atoms with van der Waals surface area (Å²) in [5.74, 6) is 0. The van der Waals surface area contributed by atoms with Crippen molar-refractivity contribution >= 4 is 11.8 Å². The van der Waals surface area contributed by atoms with E-state index >= 15 is 0 Å². The molecule has 0 aliphatic carbocycles. The van der Waals surface area contributed by atoms with Crippen molar-refractivity contribution in [1.29, 1.82) is 0 Å². The van der Waals surface area contributed by atoms with Gasteiger partial charge in [-0.05, 0) is 56.9 Å². The molecular formula is C19H30N2O3. The third kappa shape index (κ3) is 3.83. The molecule has 134 valence electrons. The van der Waals surface area contributed by atoms with Gasteiger partial charge in [0.1, 0.15) is 5.60 Å². The Bertz CT molecular complexity index is 585. The molecule has 3 rings (SSSR count). The number of ether oxygens (including phenoxy) is 2. The maximum Gasteiger partial charge on any atom is 0.410 e. The normalized spacial score (nSPS) is 18.6. The first-order chi connectivity index (χ1) is 11.3. The minimum absolute atomic E-state index is 0.238. The van der Waals surface area contributed by atoms with E-state index in [-0.39, 0.29) is 11.7 Å². The predicted molar refractivity (Wildman–Crippen MR) is 95.7 cm³/mol. The number of nitrogens with two attached hydrogens (primary N) is 1. The summed E-state index contributed by atoms with van der Waals surface area (Å²) in [6, 6.07) is 5.99. The number of nitrogens with zero attached hydrogens (tertiary/aromatic N) is 1. The van der Waals surface area contributed by atoms with Crippen molar-refractivity contribution in [1.82, 2.24) is 4.90 Å². The minimum Gasteiger partial charge on any atom is -0.444 e. The Balaban J connectivity index is 0.00000100. The van der Waals surface area contributed by atoms with Crippen LogP contribution in [0, 0.1) is 0 Å². The highest BCUT2D eigenvalue weighted by atomic mass is 16.6. The summed E-state index contributed by atoms with van der Waals surface area (Å²) in [6.45, 7) is 11.6. The van der Waals surface area contributed by atoms with Gasteiger partial charge in [-0.25, -0.2) is 4.79 Å². The van der Waals surface area contributed by atoms with E-state index in [1.54, 1.807) is 4.90 Å². The third-order valence-electron chi connectivity index (χ3n) is 4.35. The maximum absolute atomic E-state index is 12.2. The standard InChI is InChI=1S/C17H24N2O3.C2H6/c1-16(2,3)22-15(20)19-8-6-17(7-9-19)14-5-4-13(18)10-12(14)11-21-17;1-2/h4-5,10H,6-9,11,18H2,1-3H3;1-2H3. The fourth-order valence-corrected chi connectivity index (χ4v) is 3.26. The van der Waals surface area contributed by atoms with E-state index in [9.17, 15) is 4.79 Å². The fourth-order valence-electron chi connectivity index (χ4n) is 3.26. The Hall–Kier alpha value is -1.75. The number of likely N-dealkylation sites (tertiary alicyclic amines) is 1. The topological polar surface area (TPSA) is 64.8 Å². The van der Waals surface area contributed by atoms with Crippen molar-refractivity contribution in [3.63, 3.8) is 0 Å². The van der Waals surface area contributed by atoms with Gasteiger partial charge in [-0.1, -0.05) is 19.9 Å². The van der Waals surface area contributed by atoms with Gasteiger partial charge in [0, 0.05) is 18.8 Å². The molecule has 0 bridgehead atoms. The second-order valence-corrected chi connectivity index (χ2v) is 7.17. The fraction of sp³-hybridized carbons (Fsp3) is 0.632. The summed E-state index contributed by atoms with van der Waals surface area (Å²) in [5, 5.41) is 0. The van der Waals surface area contributed by atoms with Crippen molar-refractivity contribution in [2.24, 2.45) is 0 Å². The molecule has 1 aromatic carbocycles. The number of rotatable bonds is 0. The smallest absolute Gasteiger partial charge is 0.410 e. The number of nitrogen functional groups attached to an aromatic ring is 1. The Morgan fingerprint density at radius 3 is 2.46 bits per heavy atom. The van der Waals surface area contributed by atoms with Gasteiger partial charge in [0.2, 0.25) is 0 Å². The molecule has 2 aliphatic heterocycles. The molecule has 0 saturated carbocycles. The van der Waals surface area contributed by atoms with Crippen molar-refractivity contribution in [2.75, 3.05) is 18.8 Å². The molecule has 1 amide bonds.